The second-order valence-electron chi connectivity index (χ2n) is 24.9. The molecule has 1 atom stereocenters. The Morgan fingerprint density at radius 3 is 0.720 bits per heavy atom. The third-order valence-corrected chi connectivity index (χ3v) is 16.6. The van der Waals surface area contributed by atoms with Gasteiger partial charge in [-0.25, -0.2) is 0 Å². The van der Waals surface area contributed by atoms with Crippen LogP contribution in [0.25, 0.3) is 0 Å². The maximum atomic E-state index is 13.0. The molecule has 0 aliphatic rings. The fourth-order valence-electron chi connectivity index (χ4n) is 11.0. The van der Waals surface area contributed by atoms with E-state index in [4.69, 9.17) is 14.2 Å². The molecule has 0 rings (SSSR count). The van der Waals surface area contributed by atoms with Crippen LogP contribution >= 0.6 is 0 Å². The topological polar surface area (TPSA) is 78.9 Å². The van der Waals surface area contributed by atoms with Crippen LogP contribution in [0.2, 0.25) is 0 Å². The Hall–Kier alpha value is -2.63. The summed E-state index contributed by atoms with van der Waals surface area (Å²) in [6, 6.07) is 0. The molecule has 0 N–H and O–H groups in total. The molecule has 0 aliphatic carbocycles. The van der Waals surface area contributed by atoms with E-state index in [-0.39, 0.29) is 31.1 Å². The van der Waals surface area contributed by atoms with Gasteiger partial charge in [0.2, 0.25) is 0 Å². The van der Waals surface area contributed by atoms with Gasteiger partial charge in [0, 0.05) is 19.3 Å². The summed E-state index contributed by atoms with van der Waals surface area (Å²) in [5.41, 5.74) is 0. The lowest BCUT2D eigenvalue weighted by Crippen LogP contribution is -2.30. The SMILES string of the molecule is CCCCC/C=C\C/C=C\C/C=C\CCCCCCCCC(=O)OC(COC(=O)CCCCCCCCC/C=C\CCCCCCCCC)COC(=O)CCCCCCCCCCCCCCCCCCCCCCCCCCCCC. The van der Waals surface area contributed by atoms with Gasteiger partial charge in [0.1, 0.15) is 13.2 Å². The molecule has 0 fully saturated rings. The molecule has 0 aromatic carbocycles. The van der Waals surface area contributed by atoms with Gasteiger partial charge in [0.25, 0.3) is 0 Å². The van der Waals surface area contributed by atoms with Gasteiger partial charge >= 0.3 is 17.9 Å². The minimum Gasteiger partial charge on any atom is -0.462 e. The van der Waals surface area contributed by atoms with Crippen LogP contribution in [0.1, 0.15) is 400 Å². The van der Waals surface area contributed by atoms with Gasteiger partial charge in [-0.1, -0.05) is 345 Å². The minimum absolute atomic E-state index is 0.0758. The highest BCUT2D eigenvalue weighted by Crippen LogP contribution is 2.19. The van der Waals surface area contributed by atoms with E-state index in [2.05, 4.69) is 69.4 Å². The first-order valence-electron chi connectivity index (χ1n) is 36.6. The van der Waals surface area contributed by atoms with Crippen molar-refractivity contribution in [2.45, 2.75) is 406 Å². The number of carbonyl (C=O) groups excluding carboxylic acids is 3. The van der Waals surface area contributed by atoms with Crippen molar-refractivity contribution in [2.75, 3.05) is 13.2 Å². The summed E-state index contributed by atoms with van der Waals surface area (Å²) < 4.78 is 17.0. The lowest BCUT2D eigenvalue weighted by Gasteiger charge is -2.18. The molecular formula is C76H140O6. The average molecular weight is 1150 g/mol. The van der Waals surface area contributed by atoms with Crippen molar-refractivity contribution in [2.24, 2.45) is 0 Å². The molecule has 480 valence electrons. The molecule has 6 heteroatoms. The zero-order valence-electron chi connectivity index (χ0n) is 55.3. The van der Waals surface area contributed by atoms with Gasteiger partial charge in [-0.05, 0) is 83.5 Å². The molecule has 6 nitrogen and oxygen atoms in total. The van der Waals surface area contributed by atoms with Gasteiger partial charge < -0.3 is 14.2 Å². The van der Waals surface area contributed by atoms with Crippen LogP contribution in [-0.4, -0.2) is 37.2 Å². The van der Waals surface area contributed by atoms with Crippen molar-refractivity contribution in [1.82, 2.24) is 0 Å². The van der Waals surface area contributed by atoms with Gasteiger partial charge in [-0.2, -0.15) is 0 Å². The second-order valence-corrected chi connectivity index (χ2v) is 24.9. The summed E-state index contributed by atoms with van der Waals surface area (Å²) in [4.78, 5) is 38.5. The summed E-state index contributed by atoms with van der Waals surface area (Å²) >= 11 is 0. The highest BCUT2D eigenvalue weighted by atomic mass is 16.6. The Morgan fingerprint density at radius 1 is 0.244 bits per heavy atom. The molecule has 0 radical (unpaired) electrons. The molecular weight excluding hydrogens is 1010 g/mol. The summed E-state index contributed by atoms with van der Waals surface area (Å²) in [6.07, 6.45) is 90.0. The first kappa shape index (κ1) is 79.4. The maximum Gasteiger partial charge on any atom is 0.306 e. The minimum atomic E-state index is -0.782. The summed E-state index contributed by atoms with van der Waals surface area (Å²) in [7, 11) is 0. The van der Waals surface area contributed by atoms with E-state index >= 15 is 0 Å². The number of hydrogen-bond acceptors (Lipinski definition) is 6. The predicted octanol–water partition coefficient (Wildman–Crippen LogP) is 25.3. The van der Waals surface area contributed by atoms with Crippen LogP contribution in [0.5, 0.6) is 0 Å². The molecule has 82 heavy (non-hydrogen) atoms. The van der Waals surface area contributed by atoms with Crippen LogP contribution in [-0.2, 0) is 28.6 Å². The Morgan fingerprint density at radius 2 is 0.439 bits per heavy atom. The van der Waals surface area contributed by atoms with E-state index in [9.17, 15) is 14.4 Å². The monoisotopic (exact) mass is 1150 g/mol. The molecule has 1 unspecified atom stereocenters. The first-order valence-corrected chi connectivity index (χ1v) is 36.6. The zero-order chi connectivity index (χ0) is 59.2. The maximum absolute atomic E-state index is 13.0. The third-order valence-electron chi connectivity index (χ3n) is 16.6. The third kappa shape index (κ3) is 68.2. The van der Waals surface area contributed by atoms with Crippen LogP contribution in [0.15, 0.2) is 48.6 Å². The fraction of sp³-hybridized carbons (Fsp3) is 0.855. The van der Waals surface area contributed by atoms with Crippen LogP contribution in [0.4, 0.5) is 0 Å². The summed E-state index contributed by atoms with van der Waals surface area (Å²) in [6.45, 7) is 6.67. The second kappa shape index (κ2) is 70.9. The number of hydrogen-bond donors (Lipinski definition) is 0. The van der Waals surface area contributed by atoms with Crippen molar-refractivity contribution in [3.05, 3.63) is 48.6 Å². The van der Waals surface area contributed by atoms with E-state index in [0.717, 1.165) is 77.0 Å². The lowest BCUT2D eigenvalue weighted by molar-refractivity contribution is -0.167. The molecule has 0 heterocycles. The molecule has 0 spiro atoms. The normalized spacial score (nSPS) is 12.3. The highest BCUT2D eigenvalue weighted by molar-refractivity contribution is 5.71. The fourth-order valence-corrected chi connectivity index (χ4v) is 11.0. The molecule has 0 aromatic rings. The van der Waals surface area contributed by atoms with Crippen molar-refractivity contribution in [1.29, 1.82) is 0 Å². The Balaban J connectivity index is 4.28. The number of esters is 3. The Labute approximate surface area is 511 Å². The number of rotatable bonds is 68. The number of unbranched alkanes of at least 4 members (excludes halogenated alkanes) is 49. The molecule has 0 amide bonds. The van der Waals surface area contributed by atoms with Crippen LogP contribution in [0, 0.1) is 0 Å². The number of ether oxygens (including phenoxy) is 3. The van der Waals surface area contributed by atoms with Crippen molar-refractivity contribution in [3.8, 4) is 0 Å². The van der Waals surface area contributed by atoms with E-state index in [1.165, 1.54) is 283 Å². The molecule has 0 aromatic heterocycles. The smallest absolute Gasteiger partial charge is 0.306 e. The van der Waals surface area contributed by atoms with E-state index in [0.29, 0.717) is 19.3 Å². The first-order chi connectivity index (χ1) is 40.5. The van der Waals surface area contributed by atoms with Crippen molar-refractivity contribution >= 4 is 17.9 Å². The van der Waals surface area contributed by atoms with Crippen molar-refractivity contribution in [3.63, 3.8) is 0 Å². The molecule has 0 saturated heterocycles. The largest absolute Gasteiger partial charge is 0.462 e. The standard InChI is InChI=1S/C76H140O6/c1-4-7-10-13-16-19-22-25-28-31-34-35-36-37-38-39-40-41-43-45-48-51-54-57-60-63-66-69-75(78)81-72-73(71-80-74(77)68-65-62-59-56-53-50-47-44-33-30-27-24-21-18-15-12-9-6-3)82-76(79)70-67-64-61-58-55-52-49-46-42-32-29-26-23-20-17-14-11-8-5-2/h17,20,26,29-30,33,42,46,73H,4-16,18-19,21-25,27-28,31-32,34-41,43-45,47-72H2,1-3H3/b20-17-,29-26-,33-30-,46-42-. The van der Waals surface area contributed by atoms with E-state index < -0.39 is 6.10 Å². The average Bonchev–Trinajstić information content (AvgIpc) is 3.47. The Kier molecular flexibility index (Phi) is 68.6. The number of allylic oxidation sites excluding steroid dienone is 8. The van der Waals surface area contributed by atoms with E-state index in [1.54, 1.807) is 0 Å². The Bertz CT molecular complexity index is 1410. The predicted molar refractivity (Wildman–Crippen MR) is 358 cm³/mol. The lowest BCUT2D eigenvalue weighted by atomic mass is 10.0. The van der Waals surface area contributed by atoms with Gasteiger partial charge in [0.05, 0.1) is 0 Å². The van der Waals surface area contributed by atoms with Gasteiger partial charge in [-0.15, -0.1) is 0 Å². The van der Waals surface area contributed by atoms with Crippen LogP contribution < -0.4 is 0 Å². The van der Waals surface area contributed by atoms with Crippen molar-refractivity contribution < 1.29 is 28.6 Å². The summed E-state index contributed by atoms with van der Waals surface area (Å²) in [5.74, 6) is -0.865. The molecule has 0 saturated carbocycles. The van der Waals surface area contributed by atoms with Gasteiger partial charge in [-0.3, -0.25) is 14.4 Å². The zero-order valence-corrected chi connectivity index (χ0v) is 55.3. The molecule has 0 bridgehead atoms. The van der Waals surface area contributed by atoms with E-state index in [1.807, 2.05) is 0 Å². The number of carbonyl (C=O) groups is 3. The quantitative estimate of drug-likeness (QED) is 0.0261. The van der Waals surface area contributed by atoms with Crippen LogP contribution in [0.3, 0.4) is 0 Å². The summed E-state index contributed by atoms with van der Waals surface area (Å²) in [5, 5.41) is 0. The highest BCUT2D eigenvalue weighted by Gasteiger charge is 2.19. The molecule has 0 aliphatic heterocycles. The van der Waals surface area contributed by atoms with Gasteiger partial charge in [0.15, 0.2) is 6.10 Å².